The Hall–Kier alpha value is -2.63. The summed E-state index contributed by atoms with van der Waals surface area (Å²) in [5.41, 5.74) is 0.990. The van der Waals surface area contributed by atoms with Gasteiger partial charge in [0.05, 0.1) is 19.8 Å². The van der Waals surface area contributed by atoms with E-state index in [2.05, 4.69) is 15.3 Å². The minimum Gasteiger partial charge on any atom is -0.493 e. The molecule has 1 N–H and O–H groups in total. The van der Waals surface area contributed by atoms with Gasteiger partial charge in [-0.25, -0.2) is 9.97 Å². The molecule has 0 atom stereocenters. The van der Waals surface area contributed by atoms with Gasteiger partial charge in [0, 0.05) is 24.1 Å². The lowest BCUT2D eigenvalue weighted by Crippen LogP contribution is -2.12. The van der Waals surface area contributed by atoms with Crippen LogP contribution in [0.2, 0.25) is 0 Å². The third-order valence-corrected chi connectivity index (χ3v) is 2.46. The Bertz CT molecular complexity index is 573. The van der Waals surface area contributed by atoms with Gasteiger partial charge >= 0.3 is 0 Å². The zero-order chi connectivity index (χ0) is 13.7. The van der Waals surface area contributed by atoms with E-state index in [9.17, 15) is 4.79 Å². The first-order valence-corrected chi connectivity index (χ1v) is 5.53. The maximum Gasteiger partial charge on any atom is 0.258 e. The maximum atomic E-state index is 11.9. The molecule has 1 aromatic heterocycles. The zero-order valence-corrected chi connectivity index (χ0v) is 10.6. The van der Waals surface area contributed by atoms with Crippen molar-refractivity contribution in [1.82, 2.24) is 9.97 Å². The van der Waals surface area contributed by atoms with Crippen molar-refractivity contribution in [2.24, 2.45) is 0 Å². The molecule has 19 heavy (non-hydrogen) atoms. The molecule has 0 fully saturated rings. The molecule has 2 rings (SSSR count). The van der Waals surface area contributed by atoms with Crippen LogP contribution < -0.4 is 14.8 Å². The van der Waals surface area contributed by atoms with E-state index in [0.717, 1.165) is 0 Å². The summed E-state index contributed by atoms with van der Waals surface area (Å²) < 4.78 is 10.3. The summed E-state index contributed by atoms with van der Waals surface area (Å²) in [6, 6.07) is 5.12. The van der Waals surface area contributed by atoms with E-state index in [1.54, 1.807) is 25.3 Å². The lowest BCUT2D eigenvalue weighted by Gasteiger charge is -2.10. The molecule has 0 unspecified atom stereocenters. The molecule has 0 saturated carbocycles. The third kappa shape index (κ3) is 2.98. The number of anilines is 1. The van der Waals surface area contributed by atoms with E-state index in [1.165, 1.54) is 25.8 Å². The van der Waals surface area contributed by atoms with Crippen LogP contribution in [-0.2, 0) is 0 Å². The second kappa shape index (κ2) is 5.81. The summed E-state index contributed by atoms with van der Waals surface area (Å²) in [6.45, 7) is 0. The Balaban J connectivity index is 2.18. The van der Waals surface area contributed by atoms with Crippen molar-refractivity contribution >= 4 is 11.6 Å². The van der Waals surface area contributed by atoms with Crippen LogP contribution in [0.15, 0.2) is 36.9 Å². The second-order valence-corrected chi connectivity index (χ2v) is 3.65. The van der Waals surface area contributed by atoms with Gasteiger partial charge in [0.15, 0.2) is 11.5 Å². The van der Waals surface area contributed by atoms with Crippen molar-refractivity contribution in [2.45, 2.75) is 0 Å². The summed E-state index contributed by atoms with van der Waals surface area (Å²) >= 11 is 0. The summed E-state index contributed by atoms with van der Waals surface area (Å²) in [6.07, 6.45) is 4.26. The van der Waals surface area contributed by atoms with Crippen molar-refractivity contribution in [3.63, 3.8) is 0 Å². The highest BCUT2D eigenvalue weighted by atomic mass is 16.5. The number of hydrogen-bond acceptors (Lipinski definition) is 5. The first kappa shape index (κ1) is 12.8. The van der Waals surface area contributed by atoms with Gasteiger partial charge < -0.3 is 14.8 Å². The fourth-order valence-electron chi connectivity index (χ4n) is 1.53. The van der Waals surface area contributed by atoms with Crippen molar-refractivity contribution < 1.29 is 14.3 Å². The van der Waals surface area contributed by atoms with Gasteiger partial charge in [0.25, 0.3) is 5.91 Å². The topological polar surface area (TPSA) is 73.3 Å². The summed E-state index contributed by atoms with van der Waals surface area (Å²) in [7, 11) is 3.09. The van der Waals surface area contributed by atoms with Gasteiger partial charge in [-0.3, -0.25) is 4.79 Å². The number of amides is 1. The minimum atomic E-state index is -0.284. The molecule has 1 aromatic carbocycles. The van der Waals surface area contributed by atoms with Crippen LogP contribution in [0.1, 0.15) is 10.4 Å². The SMILES string of the molecule is COc1ccc(NC(=O)c2cncnc2)cc1OC. The Kier molecular flexibility index (Phi) is 3.92. The Morgan fingerprint density at radius 3 is 2.42 bits per heavy atom. The van der Waals surface area contributed by atoms with Crippen molar-refractivity contribution in [1.29, 1.82) is 0 Å². The van der Waals surface area contributed by atoms with Gasteiger partial charge in [-0.1, -0.05) is 0 Å². The highest BCUT2D eigenvalue weighted by Crippen LogP contribution is 2.29. The lowest BCUT2D eigenvalue weighted by molar-refractivity contribution is 0.102. The average molecular weight is 259 g/mol. The number of hydrogen-bond donors (Lipinski definition) is 1. The van der Waals surface area contributed by atoms with E-state index in [4.69, 9.17) is 9.47 Å². The summed E-state index contributed by atoms with van der Waals surface area (Å²) in [5.74, 6) is 0.862. The molecule has 1 heterocycles. The number of carbonyl (C=O) groups excluding carboxylic acids is 1. The van der Waals surface area contributed by atoms with Crippen LogP contribution >= 0.6 is 0 Å². The third-order valence-electron chi connectivity index (χ3n) is 2.46. The molecule has 6 heteroatoms. The van der Waals surface area contributed by atoms with Crippen LogP contribution in [0, 0.1) is 0 Å². The molecule has 0 aliphatic rings. The molecule has 0 spiro atoms. The number of benzene rings is 1. The summed E-state index contributed by atoms with van der Waals surface area (Å²) in [4.78, 5) is 19.5. The Morgan fingerprint density at radius 1 is 1.11 bits per heavy atom. The Labute approximate surface area is 110 Å². The zero-order valence-electron chi connectivity index (χ0n) is 10.6. The first-order chi connectivity index (χ1) is 9.24. The largest absolute Gasteiger partial charge is 0.493 e. The molecular formula is C13H13N3O3. The number of carbonyl (C=O) groups is 1. The van der Waals surface area contributed by atoms with Crippen LogP contribution in [0.3, 0.4) is 0 Å². The molecule has 0 bridgehead atoms. The fraction of sp³-hybridized carbons (Fsp3) is 0.154. The molecular weight excluding hydrogens is 246 g/mol. The van der Waals surface area contributed by atoms with Gasteiger partial charge in [-0.2, -0.15) is 0 Å². The van der Waals surface area contributed by atoms with E-state index < -0.39 is 0 Å². The molecule has 6 nitrogen and oxygen atoms in total. The van der Waals surface area contributed by atoms with Gasteiger partial charge in [-0.05, 0) is 12.1 Å². The molecule has 98 valence electrons. The number of ether oxygens (including phenoxy) is 2. The van der Waals surface area contributed by atoms with Gasteiger partial charge in [0.2, 0.25) is 0 Å². The molecule has 0 saturated heterocycles. The Morgan fingerprint density at radius 2 is 1.79 bits per heavy atom. The number of methoxy groups -OCH3 is 2. The molecule has 0 aliphatic heterocycles. The summed E-state index contributed by atoms with van der Waals surface area (Å²) in [5, 5.41) is 2.73. The number of nitrogens with zero attached hydrogens (tertiary/aromatic N) is 2. The van der Waals surface area contributed by atoms with Crippen LogP contribution in [-0.4, -0.2) is 30.1 Å². The fourth-order valence-corrected chi connectivity index (χ4v) is 1.53. The molecule has 0 radical (unpaired) electrons. The standard InChI is InChI=1S/C13H13N3O3/c1-18-11-4-3-10(5-12(11)19-2)16-13(17)9-6-14-8-15-7-9/h3-8H,1-2H3,(H,16,17). The average Bonchev–Trinajstić information content (AvgIpc) is 2.48. The first-order valence-electron chi connectivity index (χ1n) is 5.53. The highest BCUT2D eigenvalue weighted by Gasteiger charge is 2.09. The lowest BCUT2D eigenvalue weighted by atomic mass is 10.2. The maximum absolute atomic E-state index is 11.9. The number of aromatic nitrogens is 2. The molecule has 2 aromatic rings. The van der Waals surface area contributed by atoms with E-state index in [0.29, 0.717) is 22.7 Å². The van der Waals surface area contributed by atoms with E-state index in [-0.39, 0.29) is 5.91 Å². The highest BCUT2D eigenvalue weighted by molar-refractivity contribution is 6.03. The van der Waals surface area contributed by atoms with E-state index >= 15 is 0 Å². The smallest absolute Gasteiger partial charge is 0.258 e. The molecule has 0 aliphatic carbocycles. The molecule has 1 amide bonds. The van der Waals surface area contributed by atoms with Crippen LogP contribution in [0.25, 0.3) is 0 Å². The monoisotopic (exact) mass is 259 g/mol. The number of nitrogens with one attached hydrogen (secondary N) is 1. The van der Waals surface area contributed by atoms with Crippen molar-refractivity contribution in [2.75, 3.05) is 19.5 Å². The van der Waals surface area contributed by atoms with Gasteiger partial charge in [-0.15, -0.1) is 0 Å². The normalized spacial score (nSPS) is 9.79. The van der Waals surface area contributed by atoms with Crippen molar-refractivity contribution in [3.8, 4) is 11.5 Å². The quantitative estimate of drug-likeness (QED) is 0.905. The van der Waals surface area contributed by atoms with Gasteiger partial charge in [0.1, 0.15) is 6.33 Å². The number of rotatable bonds is 4. The predicted molar refractivity (Wildman–Crippen MR) is 69.5 cm³/mol. The van der Waals surface area contributed by atoms with Crippen LogP contribution in [0.5, 0.6) is 11.5 Å². The second-order valence-electron chi connectivity index (χ2n) is 3.65. The van der Waals surface area contributed by atoms with Crippen molar-refractivity contribution in [3.05, 3.63) is 42.5 Å². The predicted octanol–water partition coefficient (Wildman–Crippen LogP) is 1.75. The van der Waals surface area contributed by atoms with Crippen LogP contribution in [0.4, 0.5) is 5.69 Å². The van der Waals surface area contributed by atoms with E-state index in [1.807, 2.05) is 0 Å². The minimum absolute atomic E-state index is 0.284.